The summed E-state index contributed by atoms with van der Waals surface area (Å²) >= 11 is 2.94. The molecule has 1 rings (SSSR count). The van der Waals surface area contributed by atoms with Gasteiger partial charge in [0.15, 0.2) is 0 Å². The molecule has 64 valence electrons. The highest BCUT2D eigenvalue weighted by Gasteiger charge is 2.18. The van der Waals surface area contributed by atoms with E-state index >= 15 is 0 Å². The summed E-state index contributed by atoms with van der Waals surface area (Å²) in [6, 6.07) is 2.91. The second-order valence-corrected chi connectivity index (χ2v) is 3.11. The number of phenols is 1. The maximum Gasteiger partial charge on any atom is 0.290 e. The van der Waals surface area contributed by atoms with Crippen LogP contribution < -0.4 is 0 Å². The lowest BCUT2D eigenvalue weighted by Crippen LogP contribution is -1.92. The van der Waals surface area contributed by atoms with Crippen molar-refractivity contribution < 1.29 is 10.0 Å². The maximum atomic E-state index is 10.5. The van der Waals surface area contributed by atoms with Crippen LogP contribution in [0.5, 0.6) is 5.75 Å². The van der Waals surface area contributed by atoms with E-state index in [4.69, 9.17) is 5.11 Å². The van der Waals surface area contributed by atoms with E-state index in [2.05, 4.69) is 15.9 Å². The number of nitrogens with zero attached hydrogens (tertiary/aromatic N) is 1. The molecule has 0 aromatic heterocycles. The zero-order chi connectivity index (χ0) is 9.30. The summed E-state index contributed by atoms with van der Waals surface area (Å²) in [5.41, 5.74) is 0.430. The molecule has 0 atom stereocenters. The van der Waals surface area contributed by atoms with E-state index < -0.39 is 4.92 Å². The molecule has 0 aliphatic rings. The van der Waals surface area contributed by atoms with Crippen LogP contribution in [0.1, 0.15) is 5.56 Å². The average Bonchev–Trinajstić information content (AvgIpc) is 1.97. The molecule has 1 aromatic carbocycles. The standard InChI is InChI=1S/C7H6BrNO3/c1-4-2-3-5(10)6(8)7(4)9(11)12/h2-3,10H,1H3. The van der Waals surface area contributed by atoms with Crippen molar-refractivity contribution in [2.75, 3.05) is 0 Å². The summed E-state index contributed by atoms with van der Waals surface area (Å²) in [4.78, 5) is 9.93. The minimum Gasteiger partial charge on any atom is -0.507 e. The second-order valence-electron chi connectivity index (χ2n) is 2.32. The third-order valence-electron chi connectivity index (χ3n) is 1.48. The van der Waals surface area contributed by atoms with Gasteiger partial charge in [0.05, 0.1) is 4.92 Å². The number of nitro groups is 1. The van der Waals surface area contributed by atoms with Gasteiger partial charge in [-0.25, -0.2) is 0 Å². The van der Waals surface area contributed by atoms with Gasteiger partial charge in [0, 0.05) is 5.56 Å². The Morgan fingerprint density at radius 1 is 1.58 bits per heavy atom. The molecule has 0 aliphatic heterocycles. The molecule has 1 aromatic rings. The molecule has 0 radical (unpaired) electrons. The topological polar surface area (TPSA) is 63.4 Å². The van der Waals surface area contributed by atoms with E-state index in [0.717, 1.165) is 0 Å². The normalized spacial score (nSPS) is 9.83. The molecule has 0 amide bonds. The highest BCUT2D eigenvalue weighted by Crippen LogP contribution is 2.35. The van der Waals surface area contributed by atoms with Crippen molar-refractivity contribution in [2.24, 2.45) is 0 Å². The van der Waals surface area contributed by atoms with Crippen LogP contribution in [0.25, 0.3) is 0 Å². The Balaban J connectivity index is 3.43. The zero-order valence-electron chi connectivity index (χ0n) is 6.24. The lowest BCUT2D eigenvalue weighted by molar-refractivity contribution is -0.386. The van der Waals surface area contributed by atoms with E-state index in [1.165, 1.54) is 12.1 Å². The van der Waals surface area contributed by atoms with Gasteiger partial charge in [-0.1, -0.05) is 0 Å². The van der Waals surface area contributed by atoms with Crippen LogP contribution in [0.4, 0.5) is 5.69 Å². The first-order valence-corrected chi connectivity index (χ1v) is 3.96. The molecule has 0 saturated carbocycles. The fourth-order valence-electron chi connectivity index (χ4n) is 0.875. The van der Waals surface area contributed by atoms with Gasteiger partial charge in [-0.15, -0.1) is 0 Å². The summed E-state index contributed by atoms with van der Waals surface area (Å²) < 4.78 is 0.132. The number of halogens is 1. The van der Waals surface area contributed by atoms with Gasteiger partial charge in [-0.3, -0.25) is 10.1 Å². The Morgan fingerprint density at radius 2 is 2.17 bits per heavy atom. The number of benzene rings is 1. The SMILES string of the molecule is Cc1ccc(O)c(Br)c1[N+](=O)[O-]. The minimum absolute atomic E-state index is 0.0880. The third-order valence-corrected chi connectivity index (χ3v) is 2.26. The van der Waals surface area contributed by atoms with Crippen molar-refractivity contribution in [1.29, 1.82) is 0 Å². The summed E-state index contributed by atoms with van der Waals surface area (Å²) in [5, 5.41) is 19.6. The van der Waals surface area contributed by atoms with Gasteiger partial charge in [-0.05, 0) is 35.0 Å². The van der Waals surface area contributed by atoms with Crippen LogP contribution in [0.2, 0.25) is 0 Å². The predicted molar refractivity (Wildman–Crippen MR) is 47.2 cm³/mol. The number of aryl methyl sites for hydroxylation is 1. The third kappa shape index (κ3) is 1.40. The fraction of sp³-hybridized carbons (Fsp3) is 0.143. The van der Waals surface area contributed by atoms with Crippen LogP contribution >= 0.6 is 15.9 Å². The maximum absolute atomic E-state index is 10.5. The number of phenolic OH excluding ortho intramolecular Hbond substituents is 1. The molecule has 0 spiro atoms. The summed E-state index contributed by atoms with van der Waals surface area (Å²) in [5.74, 6) is -0.118. The predicted octanol–water partition coefficient (Wildman–Crippen LogP) is 2.37. The lowest BCUT2D eigenvalue weighted by Gasteiger charge is -2.00. The molecule has 0 heterocycles. The first-order valence-electron chi connectivity index (χ1n) is 3.16. The second kappa shape index (κ2) is 3.10. The highest BCUT2D eigenvalue weighted by atomic mass is 79.9. The molecule has 0 aliphatic carbocycles. The number of nitro benzene ring substituents is 1. The molecule has 12 heavy (non-hydrogen) atoms. The molecular formula is C7H6BrNO3. The Kier molecular flexibility index (Phi) is 2.32. The van der Waals surface area contributed by atoms with Crippen LogP contribution in [-0.2, 0) is 0 Å². The average molecular weight is 232 g/mol. The van der Waals surface area contributed by atoms with Crippen LogP contribution in [-0.4, -0.2) is 10.0 Å². The number of aromatic hydroxyl groups is 1. The molecular weight excluding hydrogens is 226 g/mol. The summed E-state index contributed by atoms with van der Waals surface area (Å²) in [7, 11) is 0. The van der Waals surface area contributed by atoms with Crippen LogP contribution in [0.3, 0.4) is 0 Å². The van der Waals surface area contributed by atoms with Gasteiger partial charge in [0.25, 0.3) is 5.69 Å². The fourth-order valence-corrected chi connectivity index (χ4v) is 1.46. The quantitative estimate of drug-likeness (QED) is 0.597. The van der Waals surface area contributed by atoms with E-state index in [1.807, 2.05) is 0 Å². The number of rotatable bonds is 1. The van der Waals surface area contributed by atoms with Crippen molar-refractivity contribution in [3.63, 3.8) is 0 Å². The molecule has 0 fully saturated rings. The lowest BCUT2D eigenvalue weighted by atomic mass is 10.2. The molecule has 0 unspecified atom stereocenters. The minimum atomic E-state index is -0.529. The molecule has 0 saturated heterocycles. The van der Waals surface area contributed by atoms with E-state index in [1.54, 1.807) is 6.92 Å². The van der Waals surface area contributed by atoms with E-state index in [9.17, 15) is 10.1 Å². The zero-order valence-corrected chi connectivity index (χ0v) is 7.83. The Bertz CT molecular complexity index is 338. The Labute approximate surface area is 77.1 Å². The van der Waals surface area contributed by atoms with Gasteiger partial charge < -0.3 is 5.11 Å². The van der Waals surface area contributed by atoms with E-state index in [-0.39, 0.29) is 15.9 Å². The molecule has 0 bridgehead atoms. The monoisotopic (exact) mass is 231 g/mol. The van der Waals surface area contributed by atoms with Crippen LogP contribution in [0.15, 0.2) is 16.6 Å². The van der Waals surface area contributed by atoms with Crippen molar-refractivity contribution in [3.05, 3.63) is 32.3 Å². The number of hydrogen-bond donors (Lipinski definition) is 1. The highest BCUT2D eigenvalue weighted by molar-refractivity contribution is 9.10. The first kappa shape index (κ1) is 8.99. The first-order chi connectivity index (χ1) is 5.54. The van der Waals surface area contributed by atoms with Gasteiger partial charge in [0.2, 0.25) is 0 Å². The Morgan fingerprint density at radius 3 is 2.58 bits per heavy atom. The van der Waals surface area contributed by atoms with E-state index in [0.29, 0.717) is 5.56 Å². The number of hydrogen-bond acceptors (Lipinski definition) is 3. The van der Waals surface area contributed by atoms with Crippen molar-refractivity contribution in [3.8, 4) is 5.75 Å². The summed E-state index contributed by atoms with van der Waals surface area (Å²) in [6.07, 6.45) is 0. The largest absolute Gasteiger partial charge is 0.507 e. The van der Waals surface area contributed by atoms with Crippen molar-refractivity contribution in [2.45, 2.75) is 6.92 Å². The van der Waals surface area contributed by atoms with Crippen LogP contribution in [0, 0.1) is 17.0 Å². The van der Waals surface area contributed by atoms with Crippen molar-refractivity contribution in [1.82, 2.24) is 0 Å². The smallest absolute Gasteiger partial charge is 0.290 e. The molecule has 5 heteroatoms. The van der Waals surface area contributed by atoms with Gasteiger partial charge in [0.1, 0.15) is 10.2 Å². The van der Waals surface area contributed by atoms with Gasteiger partial charge in [-0.2, -0.15) is 0 Å². The molecule has 4 nitrogen and oxygen atoms in total. The summed E-state index contributed by atoms with van der Waals surface area (Å²) in [6.45, 7) is 1.61. The van der Waals surface area contributed by atoms with Gasteiger partial charge >= 0.3 is 0 Å². The Hall–Kier alpha value is -1.10. The van der Waals surface area contributed by atoms with Crippen molar-refractivity contribution >= 4 is 21.6 Å². The molecule has 1 N–H and O–H groups in total.